The second-order valence-electron chi connectivity index (χ2n) is 8.92. The maximum Gasteiger partial charge on any atom is 0.221 e. The Balaban J connectivity index is 1.33. The predicted octanol–water partition coefficient (Wildman–Crippen LogP) is 3.46. The zero-order valence-corrected chi connectivity index (χ0v) is 20.1. The Morgan fingerprint density at radius 1 is 1.12 bits per heavy atom. The van der Waals surface area contributed by atoms with Crippen molar-refractivity contribution < 1.29 is 15.0 Å². The number of benzene rings is 2. The largest absolute Gasteiger partial charge is 0.506 e. The molecule has 9 heteroatoms. The van der Waals surface area contributed by atoms with Gasteiger partial charge in [0, 0.05) is 43.7 Å². The Morgan fingerprint density at radius 3 is 2.48 bits per heavy atom. The molecule has 33 heavy (non-hydrogen) atoms. The SMILES string of the molecule is CC(=O)Nc1cc(Cl)c(O)cc1N1C[C@@H](O)[C@H](NC2CCN(Cc3ccc(Cl)cc3)CC2)C1. The van der Waals surface area contributed by atoms with Crippen molar-refractivity contribution in [3.8, 4) is 5.75 Å². The molecule has 2 aliphatic heterocycles. The van der Waals surface area contributed by atoms with E-state index in [9.17, 15) is 15.0 Å². The van der Waals surface area contributed by atoms with Gasteiger partial charge in [0.2, 0.25) is 5.91 Å². The van der Waals surface area contributed by atoms with Crippen LogP contribution in [0.2, 0.25) is 10.0 Å². The van der Waals surface area contributed by atoms with Gasteiger partial charge in [-0.2, -0.15) is 0 Å². The van der Waals surface area contributed by atoms with Crippen LogP contribution in [-0.4, -0.2) is 65.4 Å². The van der Waals surface area contributed by atoms with E-state index in [1.54, 1.807) is 0 Å². The summed E-state index contributed by atoms with van der Waals surface area (Å²) in [6.45, 7) is 5.29. The molecule has 0 aromatic heterocycles. The number of carbonyl (C=O) groups excluding carboxylic acids is 1. The number of hydrogen-bond acceptors (Lipinski definition) is 6. The summed E-state index contributed by atoms with van der Waals surface area (Å²) >= 11 is 12.0. The number of hydrogen-bond donors (Lipinski definition) is 4. The summed E-state index contributed by atoms with van der Waals surface area (Å²) < 4.78 is 0. The number of aliphatic hydroxyl groups is 1. The van der Waals surface area contributed by atoms with E-state index in [1.165, 1.54) is 24.6 Å². The molecule has 178 valence electrons. The van der Waals surface area contributed by atoms with E-state index in [0.29, 0.717) is 30.5 Å². The Bertz CT molecular complexity index is 980. The third-order valence-electron chi connectivity index (χ3n) is 6.36. The zero-order valence-electron chi connectivity index (χ0n) is 18.6. The van der Waals surface area contributed by atoms with E-state index in [4.69, 9.17) is 23.2 Å². The van der Waals surface area contributed by atoms with Gasteiger partial charge in [0.25, 0.3) is 0 Å². The molecule has 0 saturated carbocycles. The minimum atomic E-state index is -0.555. The lowest BCUT2D eigenvalue weighted by molar-refractivity contribution is -0.114. The summed E-state index contributed by atoms with van der Waals surface area (Å²) in [5.41, 5.74) is 2.43. The lowest BCUT2D eigenvalue weighted by Crippen LogP contribution is -2.49. The van der Waals surface area contributed by atoms with E-state index in [0.717, 1.165) is 37.5 Å². The number of carbonyl (C=O) groups is 1. The van der Waals surface area contributed by atoms with Crippen LogP contribution in [0.25, 0.3) is 0 Å². The molecule has 4 N–H and O–H groups in total. The molecule has 2 aromatic carbocycles. The summed E-state index contributed by atoms with van der Waals surface area (Å²) in [4.78, 5) is 16.0. The first-order valence-corrected chi connectivity index (χ1v) is 12.0. The Kier molecular flexibility index (Phi) is 7.66. The number of amides is 1. The topological polar surface area (TPSA) is 88.1 Å². The first kappa shape index (κ1) is 24.1. The summed E-state index contributed by atoms with van der Waals surface area (Å²) in [6, 6.07) is 11.3. The number of likely N-dealkylation sites (tertiary alicyclic amines) is 1. The van der Waals surface area contributed by atoms with Crippen LogP contribution in [0.15, 0.2) is 36.4 Å². The fourth-order valence-corrected chi connectivity index (χ4v) is 4.95. The van der Waals surface area contributed by atoms with E-state index in [2.05, 4.69) is 27.7 Å². The van der Waals surface area contributed by atoms with E-state index in [1.807, 2.05) is 17.0 Å². The zero-order chi connectivity index (χ0) is 23.5. The molecule has 0 aliphatic carbocycles. The molecule has 7 nitrogen and oxygen atoms in total. The van der Waals surface area contributed by atoms with E-state index < -0.39 is 6.10 Å². The van der Waals surface area contributed by atoms with Crippen LogP contribution in [-0.2, 0) is 11.3 Å². The molecular weight excluding hydrogens is 463 g/mol. The van der Waals surface area contributed by atoms with Crippen LogP contribution < -0.4 is 15.5 Å². The summed E-state index contributed by atoms with van der Waals surface area (Å²) in [7, 11) is 0. The average molecular weight is 493 g/mol. The smallest absolute Gasteiger partial charge is 0.221 e. The molecule has 2 heterocycles. The maximum atomic E-state index is 11.6. The Labute approximate surface area is 204 Å². The van der Waals surface area contributed by atoms with Gasteiger partial charge in [-0.25, -0.2) is 0 Å². The normalized spacial score (nSPS) is 22.0. The van der Waals surface area contributed by atoms with Gasteiger partial charge in [0.15, 0.2) is 0 Å². The molecule has 0 unspecified atom stereocenters. The third kappa shape index (κ3) is 6.11. The second-order valence-corrected chi connectivity index (χ2v) is 9.77. The van der Waals surface area contributed by atoms with E-state index in [-0.39, 0.29) is 22.7 Å². The molecular formula is C24H30Cl2N4O3. The molecule has 4 rings (SSSR count). The molecule has 0 bridgehead atoms. The van der Waals surface area contributed by atoms with Crippen LogP contribution in [0.5, 0.6) is 5.75 Å². The highest BCUT2D eigenvalue weighted by Gasteiger charge is 2.35. The Morgan fingerprint density at radius 2 is 1.82 bits per heavy atom. The highest BCUT2D eigenvalue weighted by molar-refractivity contribution is 6.32. The molecule has 1 amide bonds. The van der Waals surface area contributed by atoms with Crippen LogP contribution in [0, 0.1) is 0 Å². The highest BCUT2D eigenvalue weighted by atomic mass is 35.5. The standard InChI is InChI=1S/C24H30Cl2N4O3/c1-15(31)27-20-10-19(26)23(32)11-22(20)30-13-21(24(33)14-30)28-18-6-8-29(9-7-18)12-16-2-4-17(25)5-3-16/h2-5,10-11,18,21,24,28,32-33H,6-9,12-14H2,1H3,(H,27,31)/t21-,24-/m1/s1. The van der Waals surface area contributed by atoms with Gasteiger partial charge in [-0.15, -0.1) is 0 Å². The number of nitrogens with one attached hydrogen (secondary N) is 2. The molecule has 2 aliphatic rings. The minimum absolute atomic E-state index is 0.0558. The number of piperidine rings is 1. The number of rotatable bonds is 6. The maximum absolute atomic E-state index is 11.6. The van der Waals surface area contributed by atoms with Gasteiger partial charge in [-0.1, -0.05) is 35.3 Å². The monoisotopic (exact) mass is 492 g/mol. The number of phenols is 1. The van der Waals surface area contributed by atoms with Gasteiger partial charge >= 0.3 is 0 Å². The average Bonchev–Trinajstić information content (AvgIpc) is 3.13. The minimum Gasteiger partial charge on any atom is -0.506 e. The Hall–Kier alpha value is -2.03. The number of anilines is 2. The highest BCUT2D eigenvalue weighted by Crippen LogP contribution is 2.37. The molecule has 2 atom stereocenters. The molecule has 0 spiro atoms. The van der Waals surface area contributed by atoms with Crippen LogP contribution >= 0.6 is 23.2 Å². The predicted molar refractivity (Wildman–Crippen MR) is 132 cm³/mol. The van der Waals surface area contributed by atoms with Crippen molar-refractivity contribution >= 4 is 40.5 Å². The van der Waals surface area contributed by atoms with Crippen molar-refractivity contribution in [2.45, 2.75) is 44.5 Å². The summed E-state index contributed by atoms with van der Waals surface area (Å²) in [6.07, 6.45) is 1.46. The lowest BCUT2D eigenvalue weighted by atomic mass is 10.0. The first-order valence-electron chi connectivity index (χ1n) is 11.2. The molecule has 0 radical (unpaired) electrons. The second kappa shape index (κ2) is 10.5. The quantitative estimate of drug-likeness (QED) is 0.461. The number of halogens is 2. The van der Waals surface area contributed by atoms with Gasteiger partial charge < -0.3 is 25.7 Å². The van der Waals surface area contributed by atoms with Crippen molar-refractivity contribution in [1.82, 2.24) is 10.2 Å². The lowest BCUT2D eigenvalue weighted by Gasteiger charge is -2.34. The fourth-order valence-electron chi connectivity index (χ4n) is 4.66. The summed E-state index contributed by atoms with van der Waals surface area (Å²) in [5, 5.41) is 28.1. The number of aliphatic hydroxyl groups excluding tert-OH is 1. The van der Waals surface area contributed by atoms with E-state index >= 15 is 0 Å². The number of phenolic OH excluding ortho intramolecular Hbond substituents is 1. The van der Waals surface area contributed by atoms with Crippen molar-refractivity contribution in [3.05, 3.63) is 52.0 Å². The summed E-state index contributed by atoms with van der Waals surface area (Å²) in [5.74, 6) is -0.280. The number of nitrogens with zero attached hydrogens (tertiary/aromatic N) is 2. The van der Waals surface area contributed by atoms with Gasteiger partial charge in [0.1, 0.15) is 5.75 Å². The van der Waals surface area contributed by atoms with Crippen LogP contribution in [0.4, 0.5) is 11.4 Å². The molecule has 2 aromatic rings. The number of aromatic hydroxyl groups is 1. The van der Waals surface area contributed by atoms with Crippen molar-refractivity contribution in [3.63, 3.8) is 0 Å². The third-order valence-corrected chi connectivity index (χ3v) is 6.92. The van der Waals surface area contributed by atoms with Crippen molar-refractivity contribution in [2.24, 2.45) is 0 Å². The van der Waals surface area contributed by atoms with Gasteiger partial charge in [-0.05, 0) is 49.7 Å². The number of β-amino-alcohol motifs (C(OH)–C–C–N with tert-alkyl or cyclic N) is 1. The van der Waals surface area contributed by atoms with Gasteiger partial charge in [0.05, 0.1) is 28.5 Å². The van der Waals surface area contributed by atoms with Crippen LogP contribution in [0.3, 0.4) is 0 Å². The van der Waals surface area contributed by atoms with Crippen molar-refractivity contribution in [2.75, 3.05) is 36.4 Å². The van der Waals surface area contributed by atoms with Gasteiger partial charge in [-0.3, -0.25) is 9.69 Å². The molecule has 2 saturated heterocycles. The van der Waals surface area contributed by atoms with Crippen LogP contribution in [0.1, 0.15) is 25.3 Å². The first-order chi connectivity index (χ1) is 15.8. The van der Waals surface area contributed by atoms with Crippen molar-refractivity contribution in [1.29, 1.82) is 0 Å². The fraction of sp³-hybridized carbons (Fsp3) is 0.458. The molecule has 2 fully saturated rings.